The predicted molar refractivity (Wildman–Crippen MR) is 144 cm³/mol. The maximum absolute atomic E-state index is 9.93. The number of anilines is 1. The Morgan fingerprint density at radius 3 is 2.82 bits per heavy atom. The number of aliphatic hydroxyl groups is 1. The number of hydrogen-bond donors (Lipinski definition) is 3. The fourth-order valence-electron chi connectivity index (χ4n) is 4.72. The van der Waals surface area contributed by atoms with Crippen LogP contribution in [0, 0.1) is 0 Å². The molecule has 6 rings (SSSR count). The van der Waals surface area contributed by atoms with Crippen molar-refractivity contribution in [2.75, 3.05) is 25.6 Å². The van der Waals surface area contributed by atoms with Crippen LogP contribution in [0.2, 0.25) is 5.02 Å². The first-order valence-corrected chi connectivity index (χ1v) is 13.2. The van der Waals surface area contributed by atoms with E-state index in [9.17, 15) is 5.11 Å². The van der Waals surface area contributed by atoms with E-state index in [2.05, 4.69) is 20.3 Å². The second-order valence-electron chi connectivity index (χ2n) is 9.10. The molecule has 0 radical (unpaired) electrons. The Morgan fingerprint density at radius 1 is 1.21 bits per heavy atom. The number of halogens is 1. The van der Waals surface area contributed by atoms with Gasteiger partial charge in [-0.1, -0.05) is 43.6 Å². The molecule has 38 heavy (non-hydrogen) atoms. The minimum atomic E-state index is -0.639. The zero-order chi connectivity index (χ0) is 26.8. The summed E-state index contributed by atoms with van der Waals surface area (Å²) in [5.41, 5.74) is 3.03. The number of aromatic amines is 1. The molecular formula is C26H33ClN6O5. The summed E-state index contributed by atoms with van der Waals surface area (Å²) in [7, 11) is 1.69. The van der Waals surface area contributed by atoms with Crippen LogP contribution in [0.15, 0.2) is 30.3 Å². The van der Waals surface area contributed by atoms with E-state index >= 15 is 0 Å². The first kappa shape index (κ1) is 26.6. The van der Waals surface area contributed by atoms with Crippen LogP contribution >= 0.6 is 11.6 Å². The van der Waals surface area contributed by atoms with Gasteiger partial charge in [-0.05, 0) is 19.1 Å². The summed E-state index contributed by atoms with van der Waals surface area (Å²) in [5.74, 6) is 0.498. The topological polar surface area (TPSA) is 129 Å². The van der Waals surface area contributed by atoms with Gasteiger partial charge in [0.25, 0.3) is 6.01 Å². The van der Waals surface area contributed by atoms with Gasteiger partial charge in [0.2, 0.25) is 0 Å². The quantitative estimate of drug-likeness (QED) is 0.305. The lowest BCUT2D eigenvalue weighted by Crippen LogP contribution is -2.34. The maximum atomic E-state index is 9.93. The molecule has 5 atom stereocenters. The number of benzene rings is 1. The molecule has 0 aliphatic carbocycles. The monoisotopic (exact) mass is 544 g/mol. The van der Waals surface area contributed by atoms with Gasteiger partial charge in [-0.15, -0.1) is 0 Å². The highest BCUT2D eigenvalue weighted by atomic mass is 35.5. The number of methoxy groups -OCH3 is 1. The summed E-state index contributed by atoms with van der Waals surface area (Å²) in [6, 6.07) is 10.1. The average Bonchev–Trinajstić information content (AvgIpc) is 3.69. The molecule has 0 saturated carbocycles. The molecule has 11 nitrogen and oxygen atoms in total. The summed E-state index contributed by atoms with van der Waals surface area (Å²) < 4.78 is 24.6. The number of aliphatic hydroxyl groups excluding tert-OH is 1. The van der Waals surface area contributed by atoms with Crippen molar-refractivity contribution in [3.63, 3.8) is 0 Å². The van der Waals surface area contributed by atoms with E-state index < -0.39 is 6.10 Å². The molecule has 3 N–H and O–H groups in total. The summed E-state index contributed by atoms with van der Waals surface area (Å²) >= 11 is 6.53. The van der Waals surface area contributed by atoms with Gasteiger partial charge >= 0.3 is 0 Å². The minimum Gasteiger partial charge on any atom is -0.456 e. The highest BCUT2D eigenvalue weighted by molar-refractivity contribution is 6.33. The molecule has 5 heterocycles. The third kappa shape index (κ3) is 5.16. The molecular weight excluding hydrogens is 512 g/mol. The smallest absolute Gasteiger partial charge is 0.296 e. The van der Waals surface area contributed by atoms with E-state index in [1.54, 1.807) is 13.2 Å². The number of ether oxygens (including phenoxy) is 4. The molecule has 204 valence electrons. The lowest BCUT2D eigenvalue weighted by Gasteiger charge is -2.15. The number of nitrogens with zero attached hydrogens (tertiary/aromatic N) is 4. The average molecular weight is 545 g/mol. The summed E-state index contributed by atoms with van der Waals surface area (Å²) in [5, 5.41) is 19.5. The van der Waals surface area contributed by atoms with Gasteiger partial charge in [0.1, 0.15) is 24.1 Å². The van der Waals surface area contributed by atoms with Crippen LogP contribution in [0.5, 0.6) is 6.01 Å². The Kier molecular flexibility index (Phi) is 8.01. The van der Waals surface area contributed by atoms with Crippen LogP contribution in [0.1, 0.15) is 26.5 Å². The van der Waals surface area contributed by atoms with Crippen molar-refractivity contribution in [1.82, 2.24) is 24.7 Å². The first-order chi connectivity index (χ1) is 18.5. The lowest BCUT2D eigenvalue weighted by atomic mass is 10.1. The summed E-state index contributed by atoms with van der Waals surface area (Å²) in [6.07, 6.45) is -1.68. The van der Waals surface area contributed by atoms with Crippen molar-refractivity contribution < 1.29 is 24.1 Å². The van der Waals surface area contributed by atoms with Crippen molar-refractivity contribution in [1.29, 1.82) is 0 Å². The van der Waals surface area contributed by atoms with E-state index in [1.165, 1.54) is 0 Å². The van der Waals surface area contributed by atoms with Crippen molar-refractivity contribution >= 4 is 39.5 Å². The van der Waals surface area contributed by atoms with E-state index in [0.29, 0.717) is 47.7 Å². The van der Waals surface area contributed by atoms with E-state index in [1.807, 2.05) is 49.7 Å². The molecule has 2 aliphatic heterocycles. The van der Waals surface area contributed by atoms with Gasteiger partial charge < -0.3 is 34.4 Å². The van der Waals surface area contributed by atoms with Crippen molar-refractivity contribution in [2.45, 2.75) is 64.4 Å². The molecule has 12 heteroatoms. The Morgan fingerprint density at radius 2 is 2.00 bits per heavy atom. The molecule has 1 unspecified atom stereocenters. The number of aromatic nitrogens is 5. The normalized spacial score (nSPS) is 23.3. The third-order valence-corrected chi connectivity index (χ3v) is 6.93. The van der Waals surface area contributed by atoms with Crippen molar-refractivity contribution in [3.05, 3.63) is 41.0 Å². The zero-order valence-electron chi connectivity index (χ0n) is 21.8. The Balaban J connectivity index is 0.00000144. The summed E-state index contributed by atoms with van der Waals surface area (Å²) in [6.45, 7) is 7.64. The molecule has 0 spiro atoms. The highest BCUT2D eigenvalue weighted by Crippen LogP contribution is 2.31. The summed E-state index contributed by atoms with van der Waals surface area (Å²) in [4.78, 5) is 12.2. The Bertz CT molecular complexity index is 1390. The fourth-order valence-corrected chi connectivity index (χ4v) is 4.93. The number of hydrogen-bond acceptors (Lipinski definition) is 9. The number of imidazole rings is 1. The van der Waals surface area contributed by atoms with E-state index in [0.717, 1.165) is 16.6 Å². The predicted octanol–water partition coefficient (Wildman–Crippen LogP) is 3.54. The van der Waals surface area contributed by atoms with Crippen LogP contribution in [0.4, 0.5) is 5.82 Å². The molecule has 0 bridgehead atoms. The third-order valence-electron chi connectivity index (χ3n) is 6.64. The first-order valence-electron chi connectivity index (χ1n) is 12.9. The van der Waals surface area contributed by atoms with Gasteiger partial charge in [-0.3, -0.25) is 4.68 Å². The molecule has 2 aliphatic rings. The Labute approximate surface area is 225 Å². The minimum absolute atomic E-state index is 0.0377. The largest absolute Gasteiger partial charge is 0.456 e. The number of fused-ring (bicyclic) bond motifs is 3. The second-order valence-corrected chi connectivity index (χ2v) is 9.50. The number of rotatable bonds is 8. The van der Waals surface area contributed by atoms with Gasteiger partial charge in [0.15, 0.2) is 11.8 Å². The van der Waals surface area contributed by atoms with E-state index in [4.69, 9.17) is 35.6 Å². The van der Waals surface area contributed by atoms with Crippen LogP contribution in [0.3, 0.4) is 0 Å². The number of nitrogens with one attached hydrogen (secondary N) is 2. The van der Waals surface area contributed by atoms with Crippen LogP contribution < -0.4 is 10.1 Å². The maximum Gasteiger partial charge on any atom is 0.296 e. The van der Waals surface area contributed by atoms with Crippen molar-refractivity contribution in [3.8, 4) is 6.01 Å². The van der Waals surface area contributed by atoms with Gasteiger partial charge in [-0.25, -0.2) is 4.98 Å². The van der Waals surface area contributed by atoms with Gasteiger partial charge in [-0.2, -0.15) is 10.1 Å². The molecule has 2 saturated heterocycles. The SMILES string of the molecule is CC.COC(C)Cn1nc(CNc2nc3nc(O[C@@H]4CO[C@H]5[C@@H]4OC[C@H]5O)[nH]c3cc2Cl)c2ccccc21. The highest BCUT2D eigenvalue weighted by Gasteiger charge is 2.48. The molecule has 2 fully saturated rings. The van der Waals surface area contributed by atoms with Crippen LogP contribution in [-0.4, -0.2) is 80.7 Å². The standard InChI is InChI=1S/C24H27ClN6O5.C2H6/c1-12(33-2)9-31-17-6-4-3-5-13(17)16(30-31)8-26-22-14(25)7-15-23(28-22)29-24(27-15)36-19-11-35-20-18(32)10-34-21(19)20;1-2/h3-7,12,18-21,32H,8-11H2,1-2H3,(H2,26,27,28,29);1-2H3/t12?,18-,19-,20-,21-;/m1./s1. The number of H-pyrrole nitrogens is 1. The second kappa shape index (κ2) is 11.4. The lowest BCUT2D eigenvalue weighted by molar-refractivity contribution is 0.00706. The molecule has 3 aromatic heterocycles. The molecule has 4 aromatic rings. The van der Waals surface area contributed by atoms with Crippen LogP contribution in [0.25, 0.3) is 22.1 Å². The number of pyridine rings is 1. The van der Waals surface area contributed by atoms with Crippen molar-refractivity contribution in [2.24, 2.45) is 0 Å². The van der Waals surface area contributed by atoms with E-state index in [-0.39, 0.29) is 31.0 Å². The number of para-hydroxylation sites is 1. The zero-order valence-corrected chi connectivity index (χ0v) is 22.6. The van der Waals surface area contributed by atoms with Crippen LogP contribution in [-0.2, 0) is 27.3 Å². The van der Waals surface area contributed by atoms with Gasteiger partial charge in [0, 0.05) is 12.5 Å². The Hall–Kier alpha value is -2.96. The van der Waals surface area contributed by atoms with Gasteiger partial charge in [0.05, 0.1) is 54.2 Å². The molecule has 0 amide bonds. The fraction of sp³-hybridized carbons (Fsp3) is 0.500. The molecule has 1 aromatic carbocycles.